The molecule has 3 saturated heterocycles. The number of hydrogen-bond acceptors (Lipinski definition) is 7. The van der Waals surface area contributed by atoms with E-state index in [-0.39, 0.29) is 17.9 Å². The van der Waals surface area contributed by atoms with Crippen molar-refractivity contribution in [1.29, 1.82) is 0 Å². The van der Waals surface area contributed by atoms with Crippen molar-refractivity contribution in [3.05, 3.63) is 66.5 Å². The van der Waals surface area contributed by atoms with Crippen LogP contribution >= 0.6 is 0 Å². The Morgan fingerprint density at radius 1 is 1.00 bits per heavy atom. The topological polar surface area (TPSA) is 92.4 Å². The molecule has 208 valence electrons. The van der Waals surface area contributed by atoms with Crippen molar-refractivity contribution >= 4 is 11.7 Å². The van der Waals surface area contributed by atoms with Gasteiger partial charge in [-0.15, -0.1) is 0 Å². The van der Waals surface area contributed by atoms with Crippen LogP contribution in [0.1, 0.15) is 24.8 Å². The lowest BCUT2D eigenvalue weighted by Gasteiger charge is -2.43. The molecule has 3 fully saturated rings. The Morgan fingerprint density at radius 2 is 1.68 bits per heavy atom. The number of nitrogens with zero attached hydrogens (tertiary/aromatic N) is 5. The maximum atomic E-state index is 12.7. The fourth-order valence-corrected chi connectivity index (χ4v) is 6.37. The molecule has 9 heteroatoms. The molecule has 0 radical (unpaired) electrons. The average Bonchev–Trinajstić information content (AvgIpc) is 3.77. The van der Waals surface area contributed by atoms with Crippen molar-refractivity contribution in [2.24, 2.45) is 18.0 Å². The van der Waals surface area contributed by atoms with E-state index in [1.165, 1.54) is 0 Å². The summed E-state index contributed by atoms with van der Waals surface area (Å²) in [7, 11) is 1.92. The standard InChI is InChI=1S/C31H35N5O4/c1-34-19-26(15-32-34)24-6-4-22(5-7-24)23-8-10-25(11-9-23)28-33-31(12-14-39-20-31)30(38)36(28)18-21-16-35(17-21)29(37)27-3-2-13-40-27/h4-11,15,19,21,27,30,38H,2-3,12-14,16-18,20H2,1H3/t27-,30?,31?/m1/s1. The van der Waals surface area contributed by atoms with E-state index < -0.39 is 11.8 Å². The summed E-state index contributed by atoms with van der Waals surface area (Å²) in [5.41, 5.74) is 4.83. The van der Waals surface area contributed by atoms with Crippen molar-refractivity contribution in [3.63, 3.8) is 0 Å². The molecule has 3 aromatic rings. The van der Waals surface area contributed by atoms with E-state index in [0.717, 1.165) is 46.5 Å². The van der Waals surface area contributed by atoms with E-state index in [1.54, 1.807) is 0 Å². The summed E-state index contributed by atoms with van der Waals surface area (Å²) < 4.78 is 13.1. The monoisotopic (exact) mass is 541 g/mol. The van der Waals surface area contributed by atoms with Crippen molar-refractivity contribution in [2.45, 2.75) is 37.1 Å². The van der Waals surface area contributed by atoms with Gasteiger partial charge in [0, 0.05) is 69.6 Å². The van der Waals surface area contributed by atoms with E-state index in [2.05, 4.69) is 53.6 Å². The van der Waals surface area contributed by atoms with Gasteiger partial charge in [-0.25, -0.2) is 0 Å². The van der Waals surface area contributed by atoms with E-state index in [1.807, 2.05) is 33.9 Å². The van der Waals surface area contributed by atoms with Gasteiger partial charge in [-0.1, -0.05) is 48.5 Å². The zero-order valence-electron chi connectivity index (χ0n) is 22.8. The largest absolute Gasteiger partial charge is 0.379 e. The first-order chi connectivity index (χ1) is 19.5. The third-order valence-electron chi connectivity index (χ3n) is 8.74. The van der Waals surface area contributed by atoms with Crippen LogP contribution in [0.4, 0.5) is 0 Å². The van der Waals surface area contributed by atoms with Crippen molar-refractivity contribution in [1.82, 2.24) is 19.6 Å². The quantitative estimate of drug-likeness (QED) is 0.516. The highest BCUT2D eigenvalue weighted by Gasteiger charge is 2.51. The molecule has 9 nitrogen and oxygen atoms in total. The Morgan fingerprint density at radius 3 is 2.25 bits per heavy atom. The molecule has 7 rings (SSSR count). The van der Waals surface area contributed by atoms with Crippen molar-refractivity contribution in [2.75, 3.05) is 39.5 Å². The fourth-order valence-electron chi connectivity index (χ4n) is 6.37. The van der Waals surface area contributed by atoms with E-state index >= 15 is 0 Å². The summed E-state index contributed by atoms with van der Waals surface area (Å²) in [5.74, 6) is 1.19. The van der Waals surface area contributed by atoms with Crippen LogP contribution in [-0.4, -0.2) is 93.8 Å². The number of aliphatic hydroxyl groups excluding tert-OH is 1. The molecule has 3 atom stereocenters. The molecule has 1 spiro atoms. The number of amidine groups is 1. The lowest BCUT2D eigenvalue weighted by atomic mass is 9.95. The number of likely N-dealkylation sites (tertiary alicyclic amines) is 1. The van der Waals surface area contributed by atoms with Gasteiger partial charge < -0.3 is 24.4 Å². The van der Waals surface area contributed by atoms with Gasteiger partial charge in [0.2, 0.25) is 0 Å². The summed E-state index contributed by atoms with van der Waals surface area (Å²) in [6, 6.07) is 16.9. The lowest BCUT2D eigenvalue weighted by molar-refractivity contribution is -0.148. The van der Waals surface area contributed by atoms with Gasteiger partial charge >= 0.3 is 0 Å². The Hall–Kier alpha value is -3.53. The lowest BCUT2D eigenvalue weighted by Crippen LogP contribution is -2.58. The third-order valence-corrected chi connectivity index (χ3v) is 8.74. The maximum absolute atomic E-state index is 12.7. The third kappa shape index (κ3) is 4.52. The summed E-state index contributed by atoms with van der Waals surface area (Å²) in [6.07, 6.45) is 5.33. The number of aliphatic imine (C=N–C) groups is 1. The number of benzene rings is 2. The second-order valence-electron chi connectivity index (χ2n) is 11.5. The molecule has 1 amide bonds. The molecule has 0 saturated carbocycles. The van der Waals surface area contributed by atoms with Crippen molar-refractivity contribution < 1.29 is 19.4 Å². The van der Waals surface area contributed by atoms with Gasteiger partial charge in [-0.05, 0) is 29.5 Å². The zero-order valence-corrected chi connectivity index (χ0v) is 22.8. The Labute approximate surface area is 234 Å². The number of ether oxygens (including phenoxy) is 2. The highest BCUT2D eigenvalue weighted by atomic mass is 16.5. The van der Waals surface area contributed by atoms with Crippen LogP contribution in [0.3, 0.4) is 0 Å². The molecule has 1 N–H and O–H groups in total. The summed E-state index contributed by atoms with van der Waals surface area (Å²) in [4.78, 5) is 21.7. The van der Waals surface area contributed by atoms with Gasteiger partial charge in [-0.3, -0.25) is 14.5 Å². The molecule has 4 aliphatic rings. The number of hydrogen-bond donors (Lipinski definition) is 1. The maximum Gasteiger partial charge on any atom is 0.251 e. The molecule has 2 unspecified atom stereocenters. The SMILES string of the molecule is Cn1cc(-c2ccc(-c3ccc(C4=NC5(CCOC5)C(O)N4CC4CN(C(=O)[C@H]5CCCO5)C4)cc3)cc2)cn1. The molecule has 0 bridgehead atoms. The second-order valence-corrected chi connectivity index (χ2v) is 11.5. The predicted molar refractivity (Wildman–Crippen MR) is 151 cm³/mol. The van der Waals surface area contributed by atoms with Crippen LogP contribution < -0.4 is 0 Å². The Kier molecular flexibility index (Phi) is 6.45. The normalized spacial score (nSPS) is 26.5. The predicted octanol–water partition coefficient (Wildman–Crippen LogP) is 2.93. The van der Waals surface area contributed by atoms with Gasteiger partial charge in [0.05, 0.1) is 12.8 Å². The van der Waals surface area contributed by atoms with E-state index in [0.29, 0.717) is 45.9 Å². The molecule has 2 aromatic carbocycles. The Balaban J connectivity index is 1.07. The second kappa shape index (κ2) is 10.1. The average molecular weight is 542 g/mol. The summed E-state index contributed by atoms with van der Waals surface area (Å²) in [5, 5.41) is 15.7. The molecule has 40 heavy (non-hydrogen) atoms. The number of amides is 1. The van der Waals surface area contributed by atoms with Crippen LogP contribution in [0.5, 0.6) is 0 Å². The van der Waals surface area contributed by atoms with Gasteiger partial charge in [0.15, 0.2) is 6.23 Å². The minimum absolute atomic E-state index is 0.106. The van der Waals surface area contributed by atoms with Gasteiger partial charge in [-0.2, -0.15) is 5.10 Å². The number of aliphatic hydroxyl groups is 1. The molecule has 1 aromatic heterocycles. The highest BCUT2D eigenvalue weighted by molar-refractivity contribution is 6.01. The number of aromatic nitrogens is 2. The van der Waals surface area contributed by atoms with Crippen LogP contribution in [0.25, 0.3) is 22.3 Å². The van der Waals surface area contributed by atoms with E-state index in [4.69, 9.17) is 14.5 Å². The van der Waals surface area contributed by atoms with Gasteiger partial charge in [0.1, 0.15) is 17.5 Å². The summed E-state index contributed by atoms with van der Waals surface area (Å²) >= 11 is 0. The molecule has 4 aliphatic heterocycles. The molecular formula is C31H35N5O4. The minimum Gasteiger partial charge on any atom is -0.379 e. The minimum atomic E-state index is -0.743. The smallest absolute Gasteiger partial charge is 0.251 e. The molecular weight excluding hydrogens is 506 g/mol. The first kappa shape index (κ1) is 25.4. The number of aryl methyl sites for hydroxylation is 1. The van der Waals surface area contributed by atoms with Gasteiger partial charge in [0.25, 0.3) is 5.91 Å². The fraction of sp³-hybridized carbons (Fsp3) is 0.452. The zero-order chi connectivity index (χ0) is 27.3. The summed E-state index contributed by atoms with van der Waals surface area (Å²) in [6.45, 7) is 3.72. The Bertz CT molecular complexity index is 1400. The van der Waals surface area contributed by atoms with E-state index in [9.17, 15) is 9.90 Å². The number of rotatable bonds is 6. The first-order valence-electron chi connectivity index (χ1n) is 14.2. The van der Waals surface area contributed by atoms with Crippen molar-refractivity contribution in [3.8, 4) is 22.3 Å². The molecule has 5 heterocycles. The van der Waals surface area contributed by atoms with Crippen LogP contribution in [-0.2, 0) is 21.3 Å². The van der Waals surface area contributed by atoms with Crippen LogP contribution in [0.2, 0.25) is 0 Å². The van der Waals surface area contributed by atoms with Crippen LogP contribution in [0.15, 0.2) is 65.9 Å². The van der Waals surface area contributed by atoms with Crippen LogP contribution in [0, 0.1) is 5.92 Å². The number of carbonyl (C=O) groups excluding carboxylic acids is 1. The molecule has 0 aliphatic carbocycles. The number of carbonyl (C=O) groups is 1. The highest BCUT2D eigenvalue weighted by Crippen LogP contribution is 2.38. The first-order valence-corrected chi connectivity index (χ1v) is 14.2.